The zero-order chi connectivity index (χ0) is 14.0. The van der Waals surface area contributed by atoms with Crippen LogP contribution in [0.1, 0.15) is 5.56 Å². The third-order valence-electron chi connectivity index (χ3n) is 3.00. The van der Waals surface area contributed by atoms with Gasteiger partial charge in [0.2, 0.25) is 11.8 Å². The van der Waals surface area contributed by atoms with Gasteiger partial charge in [0.15, 0.2) is 0 Å². The van der Waals surface area contributed by atoms with Gasteiger partial charge < -0.3 is 14.9 Å². The molecule has 1 N–H and O–H groups in total. The quantitative estimate of drug-likeness (QED) is 0.839. The largest absolute Gasteiger partial charge is 0.481 e. The molecule has 0 spiro atoms. The van der Waals surface area contributed by atoms with Crippen LogP contribution >= 0.6 is 0 Å². The maximum Gasteiger partial charge on any atom is 0.307 e. The molecule has 1 aromatic carbocycles. The topological polar surface area (TPSA) is 77.9 Å². The molecule has 6 nitrogen and oxygen atoms in total. The molecule has 100 valence electrons. The lowest BCUT2D eigenvalue weighted by molar-refractivity contribution is -0.136. The van der Waals surface area contributed by atoms with Gasteiger partial charge in [-0.2, -0.15) is 0 Å². The standard InChI is InChI=1S/C13H14N2O4/c1-14-7-12(17)15(8-11(14)16)10-4-2-9(3-5-10)6-13(18)19/h2-5H,6-8H2,1H3,(H,18,19). The summed E-state index contributed by atoms with van der Waals surface area (Å²) in [6.07, 6.45) is -0.0596. The minimum Gasteiger partial charge on any atom is -0.481 e. The second-order valence-electron chi connectivity index (χ2n) is 4.47. The van der Waals surface area contributed by atoms with Crippen molar-refractivity contribution in [1.29, 1.82) is 0 Å². The number of benzene rings is 1. The van der Waals surface area contributed by atoms with Crippen molar-refractivity contribution in [2.24, 2.45) is 0 Å². The van der Waals surface area contributed by atoms with E-state index in [1.54, 1.807) is 31.3 Å². The van der Waals surface area contributed by atoms with E-state index in [1.165, 1.54) is 9.80 Å². The molecule has 0 saturated carbocycles. The van der Waals surface area contributed by atoms with Crippen LogP contribution in [-0.4, -0.2) is 47.9 Å². The summed E-state index contributed by atoms with van der Waals surface area (Å²) in [6, 6.07) is 6.63. The number of rotatable bonds is 3. The molecule has 2 rings (SSSR count). The Labute approximate surface area is 110 Å². The predicted molar refractivity (Wildman–Crippen MR) is 67.8 cm³/mol. The van der Waals surface area contributed by atoms with Crippen LogP contribution in [0.2, 0.25) is 0 Å². The number of amides is 2. The average molecular weight is 262 g/mol. The molecule has 0 radical (unpaired) electrons. The van der Waals surface area contributed by atoms with Crippen LogP contribution in [0.5, 0.6) is 0 Å². The van der Waals surface area contributed by atoms with Crippen LogP contribution in [0.25, 0.3) is 0 Å². The summed E-state index contributed by atoms with van der Waals surface area (Å²) < 4.78 is 0. The first-order valence-corrected chi connectivity index (χ1v) is 5.82. The molecular formula is C13H14N2O4. The summed E-state index contributed by atoms with van der Waals surface area (Å²) in [4.78, 5) is 36.8. The Morgan fingerprint density at radius 3 is 2.37 bits per heavy atom. The first kappa shape index (κ1) is 13.1. The molecule has 2 amide bonds. The molecule has 6 heteroatoms. The first-order chi connectivity index (χ1) is 8.97. The third-order valence-corrected chi connectivity index (χ3v) is 3.00. The highest BCUT2D eigenvalue weighted by Crippen LogP contribution is 2.18. The van der Waals surface area contributed by atoms with Crippen molar-refractivity contribution in [2.45, 2.75) is 6.42 Å². The van der Waals surface area contributed by atoms with Crippen molar-refractivity contribution in [3.05, 3.63) is 29.8 Å². The van der Waals surface area contributed by atoms with Crippen molar-refractivity contribution in [3.63, 3.8) is 0 Å². The van der Waals surface area contributed by atoms with Gasteiger partial charge in [-0.25, -0.2) is 0 Å². The summed E-state index contributed by atoms with van der Waals surface area (Å²) in [7, 11) is 1.59. The number of carbonyl (C=O) groups is 3. The second-order valence-corrected chi connectivity index (χ2v) is 4.47. The van der Waals surface area contributed by atoms with Gasteiger partial charge in [0, 0.05) is 12.7 Å². The van der Waals surface area contributed by atoms with E-state index < -0.39 is 5.97 Å². The van der Waals surface area contributed by atoms with E-state index in [0.717, 1.165) is 0 Å². The summed E-state index contributed by atoms with van der Waals surface area (Å²) in [6.45, 7) is 0.0866. The monoisotopic (exact) mass is 262 g/mol. The highest BCUT2D eigenvalue weighted by atomic mass is 16.4. The van der Waals surface area contributed by atoms with Crippen LogP contribution in [0.4, 0.5) is 5.69 Å². The number of hydrogen-bond acceptors (Lipinski definition) is 3. The van der Waals surface area contributed by atoms with E-state index >= 15 is 0 Å². The van der Waals surface area contributed by atoms with Gasteiger partial charge >= 0.3 is 5.97 Å². The Balaban J connectivity index is 2.15. The van der Waals surface area contributed by atoms with Crippen LogP contribution in [0, 0.1) is 0 Å². The highest BCUT2D eigenvalue weighted by molar-refractivity contribution is 6.04. The molecule has 0 atom stereocenters. The third kappa shape index (κ3) is 2.90. The van der Waals surface area contributed by atoms with Crippen molar-refractivity contribution < 1.29 is 19.5 Å². The number of carbonyl (C=O) groups excluding carboxylic acids is 2. The molecule has 0 aliphatic carbocycles. The maximum atomic E-state index is 11.9. The number of carboxylic acid groups (broad SMARTS) is 1. The van der Waals surface area contributed by atoms with Gasteiger partial charge in [0.05, 0.1) is 13.0 Å². The zero-order valence-corrected chi connectivity index (χ0v) is 10.5. The fourth-order valence-corrected chi connectivity index (χ4v) is 1.92. The minimum atomic E-state index is -0.904. The molecule has 1 aromatic rings. The summed E-state index contributed by atoms with van der Waals surface area (Å²) in [5, 5.41) is 8.68. The van der Waals surface area contributed by atoms with E-state index in [9.17, 15) is 14.4 Å². The highest BCUT2D eigenvalue weighted by Gasteiger charge is 2.28. The molecule has 19 heavy (non-hydrogen) atoms. The molecule has 1 heterocycles. The Bertz CT molecular complexity index is 524. The van der Waals surface area contributed by atoms with Gasteiger partial charge in [-0.05, 0) is 17.7 Å². The average Bonchev–Trinajstić information content (AvgIpc) is 2.34. The summed E-state index contributed by atoms with van der Waals surface area (Å²) in [5.41, 5.74) is 1.27. The Morgan fingerprint density at radius 2 is 1.79 bits per heavy atom. The van der Waals surface area contributed by atoms with Crippen molar-refractivity contribution in [3.8, 4) is 0 Å². The Morgan fingerprint density at radius 1 is 1.16 bits per heavy atom. The number of likely N-dealkylation sites (N-methyl/N-ethyl adjacent to an activating group) is 1. The molecule has 1 aliphatic heterocycles. The van der Waals surface area contributed by atoms with E-state index in [1.807, 2.05) is 0 Å². The second kappa shape index (κ2) is 5.09. The number of hydrogen-bond donors (Lipinski definition) is 1. The van der Waals surface area contributed by atoms with Crippen LogP contribution in [0.15, 0.2) is 24.3 Å². The van der Waals surface area contributed by atoms with Gasteiger partial charge in [0.1, 0.15) is 6.54 Å². The molecule has 1 saturated heterocycles. The van der Waals surface area contributed by atoms with Crippen LogP contribution < -0.4 is 4.90 Å². The Kier molecular flexibility index (Phi) is 3.50. The lowest BCUT2D eigenvalue weighted by Gasteiger charge is -2.31. The minimum absolute atomic E-state index is 0.0214. The smallest absolute Gasteiger partial charge is 0.307 e. The number of aliphatic carboxylic acids is 1. The number of carboxylic acids is 1. The maximum absolute atomic E-state index is 11.9. The molecule has 1 aliphatic rings. The summed E-state index contributed by atoms with van der Waals surface area (Å²) in [5.74, 6) is -1.17. The predicted octanol–water partition coefficient (Wildman–Crippen LogP) is 0.119. The van der Waals surface area contributed by atoms with E-state index in [2.05, 4.69) is 0 Å². The first-order valence-electron chi connectivity index (χ1n) is 5.82. The van der Waals surface area contributed by atoms with Crippen LogP contribution in [-0.2, 0) is 20.8 Å². The van der Waals surface area contributed by atoms with E-state index in [-0.39, 0.29) is 31.3 Å². The number of anilines is 1. The van der Waals surface area contributed by atoms with E-state index in [0.29, 0.717) is 11.3 Å². The lowest BCUT2D eigenvalue weighted by atomic mass is 10.1. The van der Waals surface area contributed by atoms with Gasteiger partial charge in [-0.3, -0.25) is 14.4 Å². The molecular weight excluding hydrogens is 248 g/mol. The lowest BCUT2D eigenvalue weighted by Crippen LogP contribution is -2.52. The van der Waals surface area contributed by atoms with Gasteiger partial charge in [-0.1, -0.05) is 12.1 Å². The summed E-state index contributed by atoms with van der Waals surface area (Å²) >= 11 is 0. The molecule has 0 unspecified atom stereocenters. The molecule has 0 aromatic heterocycles. The van der Waals surface area contributed by atoms with Crippen molar-refractivity contribution in [2.75, 3.05) is 25.0 Å². The molecule has 1 fully saturated rings. The number of piperazine rings is 1. The normalized spacial score (nSPS) is 15.8. The SMILES string of the molecule is CN1CC(=O)N(c2ccc(CC(=O)O)cc2)CC1=O. The number of nitrogens with zero attached hydrogens (tertiary/aromatic N) is 2. The van der Waals surface area contributed by atoms with Gasteiger partial charge in [0.25, 0.3) is 0 Å². The fraction of sp³-hybridized carbons (Fsp3) is 0.308. The van der Waals surface area contributed by atoms with Crippen molar-refractivity contribution >= 4 is 23.5 Å². The van der Waals surface area contributed by atoms with Crippen molar-refractivity contribution in [1.82, 2.24) is 4.90 Å². The molecule has 0 bridgehead atoms. The zero-order valence-electron chi connectivity index (χ0n) is 10.5. The Hall–Kier alpha value is -2.37. The van der Waals surface area contributed by atoms with Gasteiger partial charge in [-0.15, -0.1) is 0 Å². The van der Waals surface area contributed by atoms with E-state index in [4.69, 9.17) is 5.11 Å². The fourth-order valence-electron chi connectivity index (χ4n) is 1.92. The van der Waals surface area contributed by atoms with Crippen LogP contribution in [0.3, 0.4) is 0 Å².